The van der Waals surface area contributed by atoms with Gasteiger partial charge >= 0.3 is 5.97 Å². The smallest absolute Gasteiger partial charge is 0.335 e. The standard InChI is InChI=1S/C11H12N2O2/c1-2-3-9-7-10-6-8(11(14)15)4-5-13(10)12-9/h4-7H,2-3H2,1H3,(H,14,15). The van der Waals surface area contributed by atoms with Gasteiger partial charge in [0.15, 0.2) is 0 Å². The third-order valence-electron chi connectivity index (χ3n) is 2.27. The molecule has 0 bridgehead atoms. The molecule has 0 aliphatic rings. The number of aryl methyl sites for hydroxylation is 1. The van der Waals surface area contributed by atoms with Gasteiger partial charge in [0.25, 0.3) is 0 Å². The summed E-state index contributed by atoms with van der Waals surface area (Å²) in [6, 6.07) is 5.11. The third kappa shape index (κ3) is 1.83. The van der Waals surface area contributed by atoms with Crippen molar-refractivity contribution in [1.29, 1.82) is 0 Å². The molecule has 0 amide bonds. The molecule has 0 aromatic carbocycles. The minimum absolute atomic E-state index is 0.297. The first-order chi connectivity index (χ1) is 7.20. The van der Waals surface area contributed by atoms with Crippen molar-refractivity contribution in [3.8, 4) is 0 Å². The van der Waals surface area contributed by atoms with E-state index in [1.165, 1.54) is 0 Å². The van der Waals surface area contributed by atoms with Gasteiger partial charge in [0.05, 0.1) is 16.8 Å². The van der Waals surface area contributed by atoms with Gasteiger partial charge in [-0.15, -0.1) is 0 Å². The molecule has 0 atom stereocenters. The van der Waals surface area contributed by atoms with Gasteiger partial charge in [-0.3, -0.25) is 0 Å². The van der Waals surface area contributed by atoms with E-state index in [2.05, 4.69) is 12.0 Å². The molecule has 78 valence electrons. The first-order valence-corrected chi connectivity index (χ1v) is 4.92. The Morgan fingerprint density at radius 2 is 2.33 bits per heavy atom. The van der Waals surface area contributed by atoms with Crippen molar-refractivity contribution in [2.45, 2.75) is 19.8 Å². The SMILES string of the molecule is CCCc1cc2cc(C(=O)O)ccn2n1. The van der Waals surface area contributed by atoms with Gasteiger partial charge in [-0.05, 0) is 24.6 Å². The van der Waals surface area contributed by atoms with Crippen molar-refractivity contribution < 1.29 is 9.90 Å². The molecule has 2 heterocycles. The van der Waals surface area contributed by atoms with E-state index in [-0.39, 0.29) is 0 Å². The molecule has 0 saturated heterocycles. The fourth-order valence-electron chi connectivity index (χ4n) is 1.56. The Labute approximate surface area is 87.2 Å². The molecule has 0 aliphatic heterocycles. The number of carbonyl (C=O) groups is 1. The van der Waals surface area contributed by atoms with Gasteiger partial charge < -0.3 is 5.11 Å². The number of rotatable bonds is 3. The van der Waals surface area contributed by atoms with Crippen molar-refractivity contribution in [3.63, 3.8) is 0 Å². The molecule has 0 fully saturated rings. The van der Waals surface area contributed by atoms with Crippen molar-refractivity contribution in [1.82, 2.24) is 9.61 Å². The van der Waals surface area contributed by atoms with Crippen LogP contribution in [0.15, 0.2) is 24.4 Å². The van der Waals surface area contributed by atoms with E-state index in [0.29, 0.717) is 5.56 Å². The maximum Gasteiger partial charge on any atom is 0.335 e. The second kappa shape index (κ2) is 3.73. The lowest BCUT2D eigenvalue weighted by molar-refractivity contribution is 0.0697. The Balaban J connectivity index is 2.47. The van der Waals surface area contributed by atoms with E-state index in [0.717, 1.165) is 24.1 Å². The van der Waals surface area contributed by atoms with Crippen LogP contribution < -0.4 is 0 Å². The van der Waals surface area contributed by atoms with Crippen LogP contribution in [-0.2, 0) is 6.42 Å². The predicted molar refractivity (Wildman–Crippen MR) is 56.1 cm³/mol. The Kier molecular flexibility index (Phi) is 2.41. The molecular formula is C11H12N2O2. The van der Waals surface area contributed by atoms with E-state index in [4.69, 9.17) is 5.11 Å². The quantitative estimate of drug-likeness (QED) is 0.831. The van der Waals surface area contributed by atoms with Gasteiger partial charge in [0.1, 0.15) is 0 Å². The maximum atomic E-state index is 10.7. The highest BCUT2D eigenvalue weighted by Gasteiger charge is 2.05. The molecular weight excluding hydrogens is 192 g/mol. The number of pyridine rings is 1. The summed E-state index contributed by atoms with van der Waals surface area (Å²) in [6.07, 6.45) is 3.64. The Morgan fingerprint density at radius 3 is 3.00 bits per heavy atom. The average molecular weight is 204 g/mol. The Hall–Kier alpha value is -1.84. The number of aromatic nitrogens is 2. The fraction of sp³-hybridized carbons (Fsp3) is 0.273. The zero-order chi connectivity index (χ0) is 10.8. The first kappa shape index (κ1) is 9.71. The van der Waals surface area contributed by atoms with Crippen molar-refractivity contribution in [3.05, 3.63) is 35.7 Å². The van der Waals surface area contributed by atoms with E-state index in [9.17, 15) is 4.79 Å². The zero-order valence-corrected chi connectivity index (χ0v) is 8.47. The lowest BCUT2D eigenvalue weighted by atomic mass is 10.2. The Bertz CT molecular complexity index is 502. The minimum atomic E-state index is -0.907. The highest BCUT2D eigenvalue weighted by Crippen LogP contribution is 2.10. The molecule has 4 heteroatoms. The van der Waals surface area contributed by atoms with Gasteiger partial charge in [-0.1, -0.05) is 13.3 Å². The molecule has 0 aliphatic carbocycles. The maximum absolute atomic E-state index is 10.7. The predicted octanol–water partition coefficient (Wildman–Crippen LogP) is 1.99. The number of aromatic carboxylic acids is 1. The zero-order valence-electron chi connectivity index (χ0n) is 8.47. The first-order valence-electron chi connectivity index (χ1n) is 4.92. The second-order valence-corrected chi connectivity index (χ2v) is 3.48. The van der Waals surface area contributed by atoms with Gasteiger partial charge in [-0.25, -0.2) is 9.31 Å². The van der Waals surface area contributed by atoms with E-state index < -0.39 is 5.97 Å². The highest BCUT2D eigenvalue weighted by molar-refractivity contribution is 5.88. The van der Waals surface area contributed by atoms with Crippen LogP contribution in [0.25, 0.3) is 5.52 Å². The molecule has 4 nitrogen and oxygen atoms in total. The van der Waals surface area contributed by atoms with Gasteiger partial charge in [-0.2, -0.15) is 5.10 Å². The fourth-order valence-corrected chi connectivity index (χ4v) is 1.56. The monoisotopic (exact) mass is 204 g/mol. The topological polar surface area (TPSA) is 54.6 Å². The van der Waals surface area contributed by atoms with Crippen LogP contribution in [0, 0.1) is 0 Å². The molecule has 1 N–H and O–H groups in total. The minimum Gasteiger partial charge on any atom is -0.478 e. The average Bonchev–Trinajstić information content (AvgIpc) is 2.59. The number of nitrogens with zero attached hydrogens (tertiary/aromatic N) is 2. The number of hydrogen-bond acceptors (Lipinski definition) is 2. The van der Waals surface area contributed by atoms with Crippen molar-refractivity contribution in [2.24, 2.45) is 0 Å². The van der Waals surface area contributed by atoms with Gasteiger partial charge in [0.2, 0.25) is 0 Å². The normalized spacial score (nSPS) is 10.7. The van der Waals surface area contributed by atoms with Crippen LogP contribution in [0.4, 0.5) is 0 Å². The summed E-state index contributed by atoms with van der Waals surface area (Å²) in [4.78, 5) is 10.7. The second-order valence-electron chi connectivity index (χ2n) is 3.48. The largest absolute Gasteiger partial charge is 0.478 e. The van der Waals surface area contributed by atoms with Crippen LogP contribution >= 0.6 is 0 Å². The molecule has 2 aromatic heterocycles. The van der Waals surface area contributed by atoms with Crippen molar-refractivity contribution in [2.75, 3.05) is 0 Å². The summed E-state index contributed by atoms with van der Waals surface area (Å²) in [5.41, 5.74) is 2.13. The van der Waals surface area contributed by atoms with Crippen molar-refractivity contribution >= 4 is 11.5 Å². The summed E-state index contributed by atoms with van der Waals surface area (Å²) >= 11 is 0. The summed E-state index contributed by atoms with van der Waals surface area (Å²) in [7, 11) is 0. The lowest BCUT2D eigenvalue weighted by Crippen LogP contribution is -1.97. The van der Waals surface area contributed by atoms with Crippen LogP contribution in [0.5, 0.6) is 0 Å². The molecule has 2 rings (SSSR count). The molecule has 0 radical (unpaired) electrons. The summed E-state index contributed by atoms with van der Waals surface area (Å²) < 4.78 is 1.71. The Morgan fingerprint density at radius 1 is 1.53 bits per heavy atom. The number of carboxylic acid groups (broad SMARTS) is 1. The summed E-state index contributed by atoms with van der Waals surface area (Å²) in [5.74, 6) is -0.907. The van der Waals surface area contributed by atoms with Gasteiger partial charge in [0, 0.05) is 6.20 Å². The number of fused-ring (bicyclic) bond motifs is 1. The third-order valence-corrected chi connectivity index (χ3v) is 2.27. The number of carboxylic acids is 1. The molecule has 15 heavy (non-hydrogen) atoms. The van der Waals surface area contributed by atoms with Crippen LogP contribution in [0.2, 0.25) is 0 Å². The molecule has 0 spiro atoms. The van der Waals surface area contributed by atoms with E-state index >= 15 is 0 Å². The summed E-state index contributed by atoms with van der Waals surface area (Å²) in [6.45, 7) is 2.09. The molecule has 2 aromatic rings. The number of hydrogen-bond donors (Lipinski definition) is 1. The lowest BCUT2D eigenvalue weighted by Gasteiger charge is -1.94. The van der Waals surface area contributed by atoms with Crippen LogP contribution in [0.3, 0.4) is 0 Å². The molecule has 0 saturated carbocycles. The van der Waals surface area contributed by atoms with E-state index in [1.807, 2.05) is 6.07 Å². The highest BCUT2D eigenvalue weighted by atomic mass is 16.4. The van der Waals surface area contributed by atoms with Crippen LogP contribution in [-0.4, -0.2) is 20.7 Å². The van der Waals surface area contributed by atoms with Crippen LogP contribution in [0.1, 0.15) is 29.4 Å². The van der Waals surface area contributed by atoms with E-state index in [1.54, 1.807) is 22.8 Å². The summed E-state index contributed by atoms with van der Waals surface area (Å²) in [5, 5.41) is 13.2. The molecule has 0 unspecified atom stereocenters.